The Bertz CT molecular complexity index is 478. The molecule has 0 spiro atoms. The van der Waals surface area contributed by atoms with Crippen LogP contribution < -0.4 is 0 Å². The van der Waals surface area contributed by atoms with Crippen LogP contribution >= 0.6 is 34.2 Å². The molecule has 2 nitrogen and oxygen atoms in total. The van der Waals surface area contributed by atoms with Crippen LogP contribution in [0.2, 0.25) is 5.02 Å². The van der Waals surface area contributed by atoms with Crippen LogP contribution in [0.3, 0.4) is 0 Å². The average molecular weight is 306 g/mol. The Morgan fingerprint density at radius 2 is 2.23 bits per heavy atom. The molecule has 1 aromatic carbocycles. The molecule has 0 unspecified atom stereocenters. The van der Waals surface area contributed by atoms with Gasteiger partial charge in [-0.25, -0.2) is 0 Å². The Labute approximate surface area is 93.4 Å². The van der Waals surface area contributed by atoms with Crippen LogP contribution in [0.25, 0.3) is 10.9 Å². The van der Waals surface area contributed by atoms with Crippen LogP contribution in [-0.2, 0) is 0 Å². The number of aromatic amines is 1. The maximum Gasteiger partial charge on any atom is 0.152 e. The molecule has 0 fully saturated rings. The minimum Gasteiger partial charge on any atom is -0.360 e. The lowest BCUT2D eigenvalue weighted by Gasteiger charge is -1.96. The summed E-state index contributed by atoms with van der Waals surface area (Å²) in [6.45, 7) is 0. The van der Waals surface area contributed by atoms with Crippen LogP contribution in [-0.4, -0.2) is 11.3 Å². The number of rotatable bonds is 1. The van der Waals surface area contributed by atoms with Crippen LogP contribution in [0, 0.1) is 3.57 Å². The predicted octanol–water partition coefficient (Wildman–Crippen LogP) is 3.24. The molecule has 66 valence electrons. The molecule has 0 aliphatic rings. The standard InChI is InChI=1S/C9H5ClINO/c10-7-1-6(11)2-8-9(7)5(4-13)3-12-8/h1-4,12H. The van der Waals surface area contributed by atoms with Gasteiger partial charge in [0.05, 0.1) is 5.02 Å². The normalized spacial score (nSPS) is 10.6. The fourth-order valence-electron chi connectivity index (χ4n) is 1.30. The fraction of sp³-hybridized carbons (Fsp3) is 0. The van der Waals surface area contributed by atoms with Crippen molar-refractivity contribution >= 4 is 51.4 Å². The molecule has 1 aromatic heterocycles. The first-order valence-corrected chi connectivity index (χ1v) is 5.09. The first-order chi connectivity index (χ1) is 6.22. The number of H-pyrrole nitrogens is 1. The van der Waals surface area contributed by atoms with Crippen molar-refractivity contribution < 1.29 is 4.79 Å². The zero-order valence-electron chi connectivity index (χ0n) is 6.47. The molecule has 0 amide bonds. The molecule has 2 rings (SSSR count). The van der Waals surface area contributed by atoms with E-state index in [9.17, 15) is 4.79 Å². The Morgan fingerprint density at radius 3 is 2.92 bits per heavy atom. The van der Waals surface area contributed by atoms with E-state index in [1.54, 1.807) is 6.20 Å². The summed E-state index contributed by atoms with van der Waals surface area (Å²) in [5, 5.41) is 1.42. The van der Waals surface area contributed by atoms with E-state index >= 15 is 0 Å². The third-order valence-corrected chi connectivity index (χ3v) is 2.77. The third kappa shape index (κ3) is 1.46. The van der Waals surface area contributed by atoms with Crippen LogP contribution in [0.5, 0.6) is 0 Å². The van der Waals surface area contributed by atoms with Crippen LogP contribution in [0.15, 0.2) is 18.3 Å². The molecule has 2 aromatic rings. The molecule has 0 aliphatic carbocycles. The SMILES string of the molecule is O=Cc1c[nH]c2cc(I)cc(Cl)c12. The Balaban J connectivity index is 2.89. The quantitative estimate of drug-likeness (QED) is 0.637. The monoisotopic (exact) mass is 305 g/mol. The van der Waals surface area contributed by atoms with Crippen molar-refractivity contribution in [2.45, 2.75) is 0 Å². The van der Waals surface area contributed by atoms with Gasteiger partial charge < -0.3 is 4.98 Å². The average Bonchev–Trinajstić information content (AvgIpc) is 2.47. The maximum absolute atomic E-state index is 10.6. The second kappa shape index (κ2) is 3.31. The molecule has 0 atom stereocenters. The zero-order chi connectivity index (χ0) is 9.42. The zero-order valence-corrected chi connectivity index (χ0v) is 9.39. The molecule has 0 radical (unpaired) electrons. The number of aldehydes is 1. The van der Waals surface area contributed by atoms with E-state index in [0.29, 0.717) is 10.6 Å². The topological polar surface area (TPSA) is 32.9 Å². The molecule has 0 aliphatic heterocycles. The number of carbonyl (C=O) groups is 1. The van der Waals surface area contributed by atoms with Crippen molar-refractivity contribution in [1.82, 2.24) is 4.98 Å². The molecule has 13 heavy (non-hydrogen) atoms. The largest absolute Gasteiger partial charge is 0.360 e. The van der Waals surface area contributed by atoms with Crippen molar-refractivity contribution in [1.29, 1.82) is 0 Å². The molecule has 1 heterocycles. The lowest BCUT2D eigenvalue weighted by Crippen LogP contribution is -1.78. The molecule has 4 heteroatoms. The van der Waals surface area contributed by atoms with E-state index < -0.39 is 0 Å². The summed E-state index contributed by atoms with van der Waals surface area (Å²) < 4.78 is 1.05. The summed E-state index contributed by atoms with van der Waals surface area (Å²) >= 11 is 8.19. The summed E-state index contributed by atoms with van der Waals surface area (Å²) in [7, 11) is 0. The molecule has 0 bridgehead atoms. The second-order valence-electron chi connectivity index (χ2n) is 2.67. The number of nitrogens with one attached hydrogen (secondary N) is 1. The van der Waals surface area contributed by atoms with Crippen LogP contribution in [0.1, 0.15) is 10.4 Å². The first kappa shape index (κ1) is 9.02. The molecule has 0 saturated heterocycles. The van der Waals surface area contributed by atoms with Gasteiger partial charge in [0.15, 0.2) is 6.29 Å². The number of aromatic nitrogens is 1. The van der Waals surface area contributed by atoms with E-state index in [-0.39, 0.29) is 0 Å². The van der Waals surface area contributed by atoms with Gasteiger partial charge in [0.1, 0.15) is 0 Å². The summed E-state index contributed by atoms with van der Waals surface area (Å²) in [6.07, 6.45) is 2.47. The van der Waals surface area contributed by atoms with Gasteiger partial charge in [0.25, 0.3) is 0 Å². The van der Waals surface area contributed by atoms with Gasteiger partial charge in [-0.05, 0) is 34.7 Å². The third-order valence-electron chi connectivity index (χ3n) is 1.85. The van der Waals surface area contributed by atoms with E-state index in [2.05, 4.69) is 27.6 Å². The summed E-state index contributed by atoms with van der Waals surface area (Å²) in [5.74, 6) is 0. The predicted molar refractivity (Wildman–Crippen MR) is 61.4 cm³/mol. The van der Waals surface area contributed by atoms with Crippen molar-refractivity contribution in [3.8, 4) is 0 Å². The molecular formula is C9H5ClINO. The lowest BCUT2D eigenvalue weighted by molar-refractivity contribution is 0.112. The summed E-state index contributed by atoms with van der Waals surface area (Å²) in [4.78, 5) is 13.6. The van der Waals surface area contributed by atoms with E-state index in [1.807, 2.05) is 12.1 Å². The summed E-state index contributed by atoms with van der Waals surface area (Å²) in [5.41, 5.74) is 1.51. The summed E-state index contributed by atoms with van der Waals surface area (Å²) in [6, 6.07) is 3.79. The van der Waals surface area contributed by atoms with Gasteiger partial charge in [-0.3, -0.25) is 4.79 Å². The van der Waals surface area contributed by atoms with Crippen molar-refractivity contribution in [3.63, 3.8) is 0 Å². The Morgan fingerprint density at radius 1 is 1.46 bits per heavy atom. The van der Waals surface area contributed by atoms with E-state index in [1.165, 1.54) is 0 Å². The number of benzene rings is 1. The van der Waals surface area contributed by atoms with E-state index in [4.69, 9.17) is 11.6 Å². The highest BCUT2D eigenvalue weighted by Gasteiger charge is 2.07. The van der Waals surface area contributed by atoms with Gasteiger partial charge in [-0.15, -0.1) is 0 Å². The van der Waals surface area contributed by atoms with Crippen molar-refractivity contribution in [2.75, 3.05) is 0 Å². The van der Waals surface area contributed by atoms with Crippen molar-refractivity contribution in [3.05, 3.63) is 32.5 Å². The molecular weight excluding hydrogens is 300 g/mol. The Kier molecular flexibility index (Phi) is 2.29. The van der Waals surface area contributed by atoms with Gasteiger partial charge in [0.2, 0.25) is 0 Å². The smallest absolute Gasteiger partial charge is 0.152 e. The van der Waals surface area contributed by atoms with Gasteiger partial charge >= 0.3 is 0 Å². The minimum atomic E-state index is 0.608. The minimum absolute atomic E-state index is 0.608. The lowest BCUT2D eigenvalue weighted by atomic mass is 10.2. The number of fused-ring (bicyclic) bond motifs is 1. The highest BCUT2D eigenvalue weighted by molar-refractivity contribution is 14.1. The fourth-order valence-corrected chi connectivity index (χ4v) is 2.44. The number of hydrogen-bond acceptors (Lipinski definition) is 1. The molecule has 0 saturated carbocycles. The highest BCUT2D eigenvalue weighted by atomic mass is 127. The number of halogens is 2. The van der Waals surface area contributed by atoms with Crippen LogP contribution in [0.4, 0.5) is 0 Å². The van der Waals surface area contributed by atoms with Crippen molar-refractivity contribution in [2.24, 2.45) is 0 Å². The van der Waals surface area contributed by atoms with Gasteiger partial charge in [-0.1, -0.05) is 11.6 Å². The number of hydrogen-bond donors (Lipinski definition) is 1. The Hall–Kier alpha value is -0.550. The first-order valence-electron chi connectivity index (χ1n) is 3.63. The molecule has 1 N–H and O–H groups in total. The second-order valence-corrected chi connectivity index (χ2v) is 4.32. The maximum atomic E-state index is 10.6. The van der Waals surface area contributed by atoms with Gasteiger partial charge in [0, 0.05) is 26.2 Å². The van der Waals surface area contributed by atoms with E-state index in [0.717, 1.165) is 20.8 Å². The highest BCUT2D eigenvalue weighted by Crippen LogP contribution is 2.27. The number of carbonyl (C=O) groups excluding carboxylic acids is 1. The van der Waals surface area contributed by atoms with Gasteiger partial charge in [-0.2, -0.15) is 0 Å².